The van der Waals surface area contributed by atoms with Crippen LogP contribution in [-0.4, -0.2) is 0 Å². The molecular weight excluding hydrogens is 659 g/mol. The second-order valence-corrected chi connectivity index (χ2v) is 12.7. The molecule has 3 heteroatoms. The smallest absolute Gasteiger partial charge is 1.00 e. The molecule has 0 amide bonds. The molecule has 0 bridgehead atoms. The van der Waals surface area contributed by atoms with Crippen LogP contribution in [0.3, 0.4) is 0 Å². The van der Waals surface area contributed by atoms with Crippen molar-refractivity contribution in [1.82, 2.24) is 0 Å². The zero-order valence-electron chi connectivity index (χ0n) is 23.8. The summed E-state index contributed by atoms with van der Waals surface area (Å²) in [5.41, 5.74) is 10.3. The molecule has 4 aliphatic rings. The molecule has 2 atom stereocenters. The molecule has 2 aromatic rings. The second-order valence-electron chi connectivity index (χ2n) is 12.7. The molecule has 0 heterocycles. The number of fused-ring (bicyclic) bond motifs is 6. The van der Waals surface area contributed by atoms with Crippen LogP contribution < -0.4 is 34.0 Å². The predicted octanol–water partition coefficient (Wildman–Crippen LogP) is 3.38. The van der Waals surface area contributed by atoms with Crippen molar-refractivity contribution in [2.24, 2.45) is 27.6 Å². The van der Waals surface area contributed by atoms with E-state index in [1.807, 2.05) is 30.3 Å². The molecule has 37 heavy (non-hydrogen) atoms. The van der Waals surface area contributed by atoms with Crippen molar-refractivity contribution < 1.29 is 60.2 Å². The maximum atomic E-state index is 2.62. The average Bonchev–Trinajstić information content (AvgIpc) is 3.50. The van der Waals surface area contributed by atoms with Crippen LogP contribution in [0.4, 0.5) is 0 Å². The fourth-order valence-electron chi connectivity index (χ4n) is 7.89. The Balaban J connectivity index is 0.000000542. The minimum atomic E-state index is 0. The molecule has 2 unspecified atom stereocenters. The Hall–Kier alpha value is -0.497. The SMILES string of the molecule is C[C-]1C2=C3Cc4ccccc4C3=C3C=CCCC3C2(C)C(C)(C)C(C)(C)C1(C)C.[Br-].[Br-].[Zr+4].c1cc[cH-]c1. The van der Waals surface area contributed by atoms with E-state index in [4.69, 9.17) is 0 Å². The molecule has 0 nitrogen and oxygen atoms in total. The molecule has 196 valence electrons. The second kappa shape index (κ2) is 11.2. The van der Waals surface area contributed by atoms with Gasteiger partial charge >= 0.3 is 26.2 Å². The van der Waals surface area contributed by atoms with Gasteiger partial charge in [-0.3, -0.25) is 0 Å². The van der Waals surface area contributed by atoms with Crippen molar-refractivity contribution in [1.29, 1.82) is 0 Å². The van der Waals surface area contributed by atoms with E-state index in [9.17, 15) is 0 Å². The number of hydrogen-bond acceptors (Lipinski definition) is 0. The summed E-state index contributed by atoms with van der Waals surface area (Å²) < 4.78 is 0. The predicted molar refractivity (Wildman–Crippen MR) is 146 cm³/mol. The van der Waals surface area contributed by atoms with Crippen molar-refractivity contribution in [3.63, 3.8) is 0 Å². The molecule has 2 aromatic carbocycles. The monoisotopic (exact) mass is 698 g/mol. The first-order valence-corrected chi connectivity index (χ1v) is 13.2. The van der Waals surface area contributed by atoms with Crippen LogP contribution in [0, 0.1) is 33.5 Å². The molecule has 4 aliphatic carbocycles. The quantitative estimate of drug-likeness (QED) is 0.370. The Morgan fingerprint density at radius 2 is 1.49 bits per heavy atom. The summed E-state index contributed by atoms with van der Waals surface area (Å²) in [6.45, 7) is 20.3. The first kappa shape index (κ1) is 32.7. The molecule has 0 saturated heterocycles. The number of allylic oxidation sites excluding steroid dienone is 6. The van der Waals surface area contributed by atoms with E-state index in [1.54, 1.807) is 28.2 Å². The van der Waals surface area contributed by atoms with Crippen molar-refractivity contribution in [3.05, 3.63) is 101 Å². The van der Waals surface area contributed by atoms with E-state index in [-0.39, 0.29) is 81.8 Å². The van der Waals surface area contributed by atoms with Crippen LogP contribution in [0.15, 0.2) is 83.5 Å². The zero-order chi connectivity index (χ0) is 24.5. The van der Waals surface area contributed by atoms with E-state index >= 15 is 0 Å². The Bertz CT molecular complexity index is 1170. The van der Waals surface area contributed by atoms with Crippen LogP contribution in [-0.2, 0) is 32.6 Å². The van der Waals surface area contributed by atoms with E-state index in [1.165, 1.54) is 24.0 Å². The summed E-state index contributed by atoms with van der Waals surface area (Å²) in [4.78, 5) is 0. The summed E-state index contributed by atoms with van der Waals surface area (Å²) in [5, 5.41) is 0. The number of halogens is 2. The average molecular weight is 702 g/mol. The van der Waals surface area contributed by atoms with Gasteiger partial charge in [0.05, 0.1) is 0 Å². The van der Waals surface area contributed by atoms with Gasteiger partial charge in [-0.15, -0.1) is 6.92 Å². The normalized spacial score (nSPS) is 27.1. The minimum Gasteiger partial charge on any atom is -1.00 e. The van der Waals surface area contributed by atoms with Gasteiger partial charge in [-0.05, 0) is 40.6 Å². The van der Waals surface area contributed by atoms with Gasteiger partial charge in [0.15, 0.2) is 0 Å². The maximum absolute atomic E-state index is 2.62. The van der Waals surface area contributed by atoms with Gasteiger partial charge in [-0.2, -0.15) is 29.3 Å². The molecule has 0 aliphatic heterocycles. The van der Waals surface area contributed by atoms with Gasteiger partial charge in [0.25, 0.3) is 0 Å². The van der Waals surface area contributed by atoms with Gasteiger partial charge in [-0.1, -0.05) is 113 Å². The van der Waals surface area contributed by atoms with Crippen LogP contribution in [0.2, 0.25) is 0 Å². The van der Waals surface area contributed by atoms with Crippen LogP contribution in [0.1, 0.15) is 79.4 Å². The van der Waals surface area contributed by atoms with Gasteiger partial charge in [0.2, 0.25) is 0 Å². The molecule has 6 rings (SSSR count). The first-order valence-electron chi connectivity index (χ1n) is 13.2. The maximum Gasteiger partial charge on any atom is 4.00 e. The van der Waals surface area contributed by atoms with Crippen LogP contribution in [0.25, 0.3) is 5.57 Å². The van der Waals surface area contributed by atoms with Gasteiger partial charge in [0, 0.05) is 0 Å². The summed E-state index contributed by atoms with van der Waals surface area (Å²) in [7, 11) is 0. The van der Waals surface area contributed by atoms with Crippen LogP contribution in [0.5, 0.6) is 0 Å². The van der Waals surface area contributed by atoms with E-state index in [0.717, 1.165) is 6.42 Å². The summed E-state index contributed by atoms with van der Waals surface area (Å²) in [5.74, 6) is 2.24. The molecule has 1 saturated carbocycles. The van der Waals surface area contributed by atoms with Crippen LogP contribution >= 0.6 is 0 Å². The topological polar surface area (TPSA) is 0 Å². The fourth-order valence-corrected chi connectivity index (χ4v) is 7.89. The number of hydrogen-bond donors (Lipinski definition) is 0. The summed E-state index contributed by atoms with van der Waals surface area (Å²) in [6.07, 6.45) is 8.50. The summed E-state index contributed by atoms with van der Waals surface area (Å²) >= 11 is 0. The molecule has 0 radical (unpaired) electrons. The van der Waals surface area contributed by atoms with Crippen molar-refractivity contribution in [2.45, 2.75) is 74.7 Å². The number of benzene rings is 1. The fraction of sp³-hybridized carbons (Fsp3) is 0.471. The third kappa shape index (κ3) is 4.37. The van der Waals surface area contributed by atoms with Gasteiger partial charge in [0.1, 0.15) is 0 Å². The molecular formula is C34H42Br2Zr. The van der Waals surface area contributed by atoms with Gasteiger partial charge < -0.3 is 34.0 Å². The third-order valence-corrected chi connectivity index (χ3v) is 11.3. The van der Waals surface area contributed by atoms with E-state index in [2.05, 4.69) is 91.8 Å². The Labute approximate surface area is 266 Å². The first-order chi connectivity index (χ1) is 16.0. The third-order valence-electron chi connectivity index (χ3n) is 11.3. The Kier molecular flexibility index (Phi) is 9.88. The number of rotatable bonds is 0. The summed E-state index contributed by atoms with van der Waals surface area (Å²) in [6, 6.07) is 19.2. The van der Waals surface area contributed by atoms with Gasteiger partial charge in [-0.25, -0.2) is 18.1 Å². The molecule has 0 N–H and O–H groups in total. The standard InChI is InChI=1S/C29H37.C5H5.2BrH.Zr/c1-18-25-22-17-19-13-9-10-14-20(19)24(22)21-15-11-12-16-23(21)29(25,8)28(6,7)27(4,5)26(18,2)3;1-2-4-5-3-1;;;/h9-11,13-15,23H,12,16-17H2,1-8H3;1-5H;2*1H;/q2*-1;;;+4/p-2. The Morgan fingerprint density at radius 3 is 2.08 bits per heavy atom. The zero-order valence-corrected chi connectivity index (χ0v) is 29.4. The van der Waals surface area contributed by atoms with Crippen molar-refractivity contribution >= 4 is 5.57 Å². The molecule has 1 fully saturated rings. The van der Waals surface area contributed by atoms with E-state index in [0.29, 0.717) is 5.92 Å². The van der Waals surface area contributed by atoms with Crippen molar-refractivity contribution in [2.75, 3.05) is 0 Å². The van der Waals surface area contributed by atoms with E-state index < -0.39 is 0 Å². The minimum absolute atomic E-state index is 0. The molecule has 0 spiro atoms. The molecule has 0 aromatic heterocycles. The largest absolute Gasteiger partial charge is 4.00 e. The van der Waals surface area contributed by atoms with Crippen molar-refractivity contribution in [3.8, 4) is 0 Å². The Morgan fingerprint density at radius 1 is 0.865 bits per heavy atom.